The molecule has 0 radical (unpaired) electrons. The summed E-state index contributed by atoms with van der Waals surface area (Å²) in [5.74, 6) is -3.55. The van der Waals surface area contributed by atoms with Crippen molar-refractivity contribution in [2.75, 3.05) is 13.2 Å². The van der Waals surface area contributed by atoms with Crippen LogP contribution in [-0.2, 0) is 19.2 Å². The number of nitrogens with two attached hydrogens (primary N) is 3. The second-order valence-electron chi connectivity index (χ2n) is 8.69. The van der Waals surface area contributed by atoms with Crippen molar-refractivity contribution in [3.05, 3.63) is 0 Å². The van der Waals surface area contributed by atoms with Gasteiger partial charge in [0.05, 0.1) is 12.6 Å². The van der Waals surface area contributed by atoms with E-state index in [1.54, 1.807) is 0 Å². The largest absolute Gasteiger partial charge is 0.480 e. The number of guanidine groups is 1. The smallest absolute Gasteiger partial charge is 0.328 e. The summed E-state index contributed by atoms with van der Waals surface area (Å²) >= 11 is 0. The van der Waals surface area contributed by atoms with E-state index in [9.17, 15) is 24.3 Å². The summed E-state index contributed by atoms with van der Waals surface area (Å²) in [5, 5.41) is 25.7. The Morgan fingerprint density at radius 3 is 1.91 bits per heavy atom. The predicted molar refractivity (Wildman–Crippen MR) is 127 cm³/mol. The number of amides is 3. The zero-order chi connectivity index (χ0) is 26.4. The number of rotatable bonds is 16. The van der Waals surface area contributed by atoms with E-state index in [2.05, 4.69) is 20.9 Å². The van der Waals surface area contributed by atoms with Crippen molar-refractivity contribution in [1.29, 1.82) is 0 Å². The van der Waals surface area contributed by atoms with E-state index >= 15 is 0 Å². The minimum absolute atomic E-state index is 0.0258. The molecule has 5 unspecified atom stereocenters. The van der Waals surface area contributed by atoms with Gasteiger partial charge in [0, 0.05) is 6.54 Å². The van der Waals surface area contributed by atoms with Gasteiger partial charge in [0.25, 0.3) is 0 Å². The average molecular weight is 488 g/mol. The molecule has 34 heavy (non-hydrogen) atoms. The van der Waals surface area contributed by atoms with Crippen molar-refractivity contribution in [2.24, 2.45) is 34.0 Å². The van der Waals surface area contributed by atoms with E-state index in [1.807, 2.05) is 27.7 Å². The van der Waals surface area contributed by atoms with Crippen LogP contribution >= 0.6 is 0 Å². The van der Waals surface area contributed by atoms with E-state index in [-0.39, 0.29) is 37.2 Å². The van der Waals surface area contributed by atoms with Crippen LogP contribution in [0.5, 0.6) is 0 Å². The lowest BCUT2D eigenvalue weighted by atomic mass is 9.98. The maximum atomic E-state index is 13.1. The van der Waals surface area contributed by atoms with Crippen LogP contribution in [0.1, 0.15) is 53.4 Å². The molecule has 0 bridgehead atoms. The lowest BCUT2D eigenvalue weighted by Gasteiger charge is -2.26. The van der Waals surface area contributed by atoms with E-state index < -0.39 is 54.5 Å². The van der Waals surface area contributed by atoms with Crippen molar-refractivity contribution < 1.29 is 29.4 Å². The number of carboxylic acids is 1. The number of aliphatic carboxylic acids is 1. The SMILES string of the molecule is CCC(C)C(N)C(=O)NC(CCCN=C(N)N)C(=O)NC(CC(C)C)C(=O)NC(CO)C(=O)O. The molecule has 11 N–H and O–H groups in total. The Kier molecular flexibility index (Phi) is 14.5. The Morgan fingerprint density at radius 2 is 1.44 bits per heavy atom. The quantitative estimate of drug-likeness (QED) is 0.0681. The molecule has 0 heterocycles. The Bertz CT molecular complexity index is 712. The first kappa shape index (κ1) is 31.1. The predicted octanol–water partition coefficient (Wildman–Crippen LogP) is -2.01. The third-order valence-corrected chi connectivity index (χ3v) is 5.28. The highest BCUT2D eigenvalue weighted by Gasteiger charge is 2.31. The van der Waals surface area contributed by atoms with Gasteiger partial charge < -0.3 is 43.4 Å². The van der Waals surface area contributed by atoms with Crippen molar-refractivity contribution in [1.82, 2.24) is 16.0 Å². The standard InChI is InChI=1S/C21H41N7O6/c1-5-12(4)16(22)19(32)26-13(7-6-8-25-21(23)24)17(30)27-14(9-11(2)3)18(31)28-15(10-29)20(33)34/h11-16,29H,5-10,22H2,1-4H3,(H,26,32)(H,27,30)(H,28,31)(H,33,34)(H4,23,24,25). The summed E-state index contributed by atoms with van der Waals surface area (Å²) < 4.78 is 0. The lowest BCUT2D eigenvalue weighted by molar-refractivity contribution is -0.143. The Balaban J connectivity index is 5.56. The van der Waals surface area contributed by atoms with Gasteiger partial charge in [0.1, 0.15) is 18.1 Å². The van der Waals surface area contributed by atoms with Gasteiger partial charge in [-0.3, -0.25) is 19.4 Å². The maximum Gasteiger partial charge on any atom is 0.328 e. The molecule has 0 spiro atoms. The van der Waals surface area contributed by atoms with E-state index in [1.165, 1.54) is 0 Å². The summed E-state index contributed by atoms with van der Waals surface area (Å²) in [5.41, 5.74) is 16.6. The minimum atomic E-state index is -1.51. The minimum Gasteiger partial charge on any atom is -0.480 e. The van der Waals surface area contributed by atoms with Crippen LogP contribution in [0.25, 0.3) is 0 Å². The number of aliphatic hydroxyl groups is 1. The van der Waals surface area contributed by atoms with Crippen LogP contribution in [0, 0.1) is 11.8 Å². The molecule has 0 aromatic rings. The summed E-state index contributed by atoms with van der Waals surface area (Å²) in [7, 11) is 0. The summed E-state index contributed by atoms with van der Waals surface area (Å²) in [6, 6.07) is -4.44. The molecule has 0 saturated heterocycles. The average Bonchev–Trinajstić information content (AvgIpc) is 2.76. The van der Waals surface area contributed by atoms with Crippen molar-refractivity contribution in [2.45, 2.75) is 77.5 Å². The molecule has 5 atom stereocenters. The number of nitrogens with zero attached hydrogens (tertiary/aromatic N) is 1. The summed E-state index contributed by atoms with van der Waals surface area (Å²) in [6.07, 6.45) is 1.41. The Hall–Kier alpha value is -2.93. The van der Waals surface area contributed by atoms with Gasteiger partial charge in [0.2, 0.25) is 17.7 Å². The molecular weight excluding hydrogens is 446 g/mol. The fourth-order valence-electron chi connectivity index (χ4n) is 2.99. The monoisotopic (exact) mass is 487 g/mol. The van der Waals surface area contributed by atoms with Crippen molar-refractivity contribution in [3.8, 4) is 0 Å². The Morgan fingerprint density at radius 1 is 0.912 bits per heavy atom. The zero-order valence-electron chi connectivity index (χ0n) is 20.4. The number of aliphatic imine (C=N–C) groups is 1. The number of hydrogen-bond acceptors (Lipinski definition) is 7. The van der Waals surface area contributed by atoms with Crippen LogP contribution in [0.15, 0.2) is 4.99 Å². The van der Waals surface area contributed by atoms with Gasteiger partial charge in [-0.05, 0) is 31.1 Å². The fourth-order valence-corrected chi connectivity index (χ4v) is 2.99. The van der Waals surface area contributed by atoms with Gasteiger partial charge >= 0.3 is 5.97 Å². The highest BCUT2D eigenvalue weighted by molar-refractivity contribution is 5.94. The molecule has 0 aromatic heterocycles. The first-order chi connectivity index (χ1) is 15.8. The van der Waals surface area contributed by atoms with E-state index in [0.717, 1.165) is 0 Å². The summed E-state index contributed by atoms with van der Waals surface area (Å²) in [4.78, 5) is 53.3. The topological polar surface area (TPSA) is 235 Å². The molecule has 0 aromatic carbocycles. The number of carboxylic acid groups (broad SMARTS) is 1. The highest BCUT2D eigenvalue weighted by Crippen LogP contribution is 2.09. The Labute approximate surface area is 200 Å². The lowest BCUT2D eigenvalue weighted by Crippen LogP contribution is -2.58. The van der Waals surface area contributed by atoms with Crippen LogP contribution in [0.2, 0.25) is 0 Å². The fraction of sp³-hybridized carbons (Fsp3) is 0.762. The normalized spacial score (nSPS) is 15.4. The second-order valence-corrected chi connectivity index (χ2v) is 8.69. The molecule has 0 aliphatic rings. The molecule has 0 aliphatic heterocycles. The molecule has 0 rings (SSSR count). The van der Waals surface area contributed by atoms with Gasteiger partial charge in [-0.1, -0.05) is 34.1 Å². The van der Waals surface area contributed by atoms with Crippen molar-refractivity contribution >= 4 is 29.7 Å². The van der Waals surface area contributed by atoms with Crippen LogP contribution in [-0.4, -0.2) is 77.2 Å². The molecule has 3 amide bonds. The molecule has 0 saturated carbocycles. The third kappa shape index (κ3) is 11.8. The van der Waals surface area contributed by atoms with Gasteiger partial charge in [-0.25, -0.2) is 4.79 Å². The first-order valence-corrected chi connectivity index (χ1v) is 11.4. The van der Waals surface area contributed by atoms with Crippen LogP contribution in [0.3, 0.4) is 0 Å². The molecule has 0 aliphatic carbocycles. The van der Waals surface area contributed by atoms with Crippen molar-refractivity contribution in [3.63, 3.8) is 0 Å². The van der Waals surface area contributed by atoms with E-state index in [4.69, 9.17) is 22.3 Å². The zero-order valence-corrected chi connectivity index (χ0v) is 20.4. The van der Waals surface area contributed by atoms with Gasteiger partial charge in [0.15, 0.2) is 5.96 Å². The number of aliphatic hydroxyl groups excluding tert-OH is 1. The van der Waals surface area contributed by atoms with Crippen LogP contribution in [0.4, 0.5) is 0 Å². The molecule has 13 heteroatoms. The highest BCUT2D eigenvalue weighted by atomic mass is 16.4. The molecule has 13 nitrogen and oxygen atoms in total. The van der Waals surface area contributed by atoms with Crippen LogP contribution < -0.4 is 33.2 Å². The summed E-state index contributed by atoms with van der Waals surface area (Å²) in [6.45, 7) is 6.79. The molecular formula is C21H41N7O6. The van der Waals surface area contributed by atoms with Gasteiger partial charge in [-0.15, -0.1) is 0 Å². The van der Waals surface area contributed by atoms with Gasteiger partial charge in [-0.2, -0.15) is 0 Å². The molecule has 0 fully saturated rings. The van der Waals surface area contributed by atoms with E-state index in [0.29, 0.717) is 12.8 Å². The third-order valence-electron chi connectivity index (χ3n) is 5.28. The number of carbonyl (C=O) groups excluding carboxylic acids is 3. The second kappa shape index (κ2) is 15.8. The maximum absolute atomic E-state index is 13.1. The molecule has 196 valence electrons. The number of nitrogens with one attached hydrogen (secondary N) is 3. The number of carbonyl (C=O) groups is 4. The number of hydrogen-bond donors (Lipinski definition) is 8. The first-order valence-electron chi connectivity index (χ1n) is 11.4.